The minimum atomic E-state index is -3.67. The van der Waals surface area contributed by atoms with Gasteiger partial charge in [-0.3, -0.25) is 4.79 Å². The SMILES string of the molecule is COc1ccc(F)cc1C(F)(F)CC(=O)O. The average Bonchev–Trinajstić information content (AvgIpc) is 2.15. The summed E-state index contributed by atoms with van der Waals surface area (Å²) in [5.41, 5.74) is -0.766. The van der Waals surface area contributed by atoms with E-state index in [0.29, 0.717) is 6.07 Å². The molecule has 0 saturated heterocycles. The van der Waals surface area contributed by atoms with E-state index in [0.717, 1.165) is 19.2 Å². The standard InChI is InChI=1S/C10H9F3O3/c1-16-8-3-2-6(11)4-7(8)10(12,13)5-9(14)15/h2-4H,5H2,1H3,(H,14,15). The van der Waals surface area contributed by atoms with Gasteiger partial charge in [0.05, 0.1) is 12.7 Å². The lowest BCUT2D eigenvalue weighted by molar-refractivity contribution is -0.145. The van der Waals surface area contributed by atoms with Crippen molar-refractivity contribution < 1.29 is 27.8 Å². The van der Waals surface area contributed by atoms with E-state index in [1.54, 1.807) is 0 Å². The first-order valence-corrected chi connectivity index (χ1v) is 4.30. The molecular formula is C10H9F3O3. The van der Waals surface area contributed by atoms with Gasteiger partial charge in [-0.25, -0.2) is 13.2 Å². The van der Waals surface area contributed by atoms with Gasteiger partial charge < -0.3 is 9.84 Å². The maximum Gasteiger partial charge on any atom is 0.309 e. The molecular weight excluding hydrogens is 225 g/mol. The molecule has 0 aromatic heterocycles. The molecule has 1 N–H and O–H groups in total. The third-order valence-corrected chi connectivity index (χ3v) is 1.93. The van der Waals surface area contributed by atoms with Crippen molar-refractivity contribution in [2.45, 2.75) is 12.3 Å². The predicted octanol–water partition coefficient (Wildman–Crippen LogP) is 2.40. The van der Waals surface area contributed by atoms with Crippen LogP contribution in [0, 0.1) is 5.82 Å². The number of methoxy groups -OCH3 is 1. The third-order valence-electron chi connectivity index (χ3n) is 1.93. The van der Waals surface area contributed by atoms with Crippen molar-refractivity contribution in [1.82, 2.24) is 0 Å². The molecule has 0 unspecified atom stereocenters. The van der Waals surface area contributed by atoms with Crippen molar-refractivity contribution in [2.75, 3.05) is 7.11 Å². The Hall–Kier alpha value is -1.72. The molecule has 0 aliphatic rings. The van der Waals surface area contributed by atoms with Gasteiger partial charge in [0, 0.05) is 0 Å². The van der Waals surface area contributed by atoms with Crippen LogP contribution in [0.1, 0.15) is 12.0 Å². The van der Waals surface area contributed by atoms with Crippen molar-refractivity contribution in [3.8, 4) is 5.75 Å². The Labute approximate surface area is 89.5 Å². The number of hydrogen-bond acceptors (Lipinski definition) is 2. The Morgan fingerprint density at radius 2 is 2.12 bits per heavy atom. The van der Waals surface area contributed by atoms with Crippen LogP contribution in [0.25, 0.3) is 0 Å². The Morgan fingerprint density at radius 3 is 2.62 bits per heavy atom. The lowest BCUT2D eigenvalue weighted by Crippen LogP contribution is -2.19. The summed E-state index contributed by atoms with van der Waals surface area (Å²) in [7, 11) is 1.15. The molecule has 0 spiro atoms. The Balaban J connectivity index is 3.18. The fraction of sp³-hybridized carbons (Fsp3) is 0.300. The molecule has 88 valence electrons. The number of aliphatic carboxylic acids is 1. The Kier molecular flexibility index (Phi) is 3.41. The van der Waals surface area contributed by atoms with Crippen molar-refractivity contribution in [2.24, 2.45) is 0 Å². The highest BCUT2D eigenvalue weighted by Gasteiger charge is 2.37. The van der Waals surface area contributed by atoms with E-state index in [2.05, 4.69) is 4.74 Å². The zero-order valence-corrected chi connectivity index (χ0v) is 8.34. The largest absolute Gasteiger partial charge is 0.496 e. The van der Waals surface area contributed by atoms with Gasteiger partial charge in [-0.15, -0.1) is 0 Å². The smallest absolute Gasteiger partial charge is 0.309 e. The number of rotatable bonds is 4. The number of ether oxygens (including phenoxy) is 1. The van der Waals surface area contributed by atoms with E-state index in [9.17, 15) is 18.0 Å². The molecule has 1 aromatic carbocycles. The van der Waals surface area contributed by atoms with Crippen LogP contribution in [0.15, 0.2) is 18.2 Å². The zero-order valence-electron chi connectivity index (χ0n) is 8.34. The first-order chi connectivity index (χ1) is 7.36. The molecule has 0 saturated carbocycles. The van der Waals surface area contributed by atoms with Crippen molar-refractivity contribution >= 4 is 5.97 Å². The van der Waals surface area contributed by atoms with Gasteiger partial charge in [-0.05, 0) is 18.2 Å². The maximum atomic E-state index is 13.4. The quantitative estimate of drug-likeness (QED) is 0.870. The van der Waals surface area contributed by atoms with Crippen LogP contribution in [0.2, 0.25) is 0 Å². The van der Waals surface area contributed by atoms with Gasteiger partial charge >= 0.3 is 5.97 Å². The topological polar surface area (TPSA) is 46.5 Å². The highest BCUT2D eigenvalue weighted by Crippen LogP contribution is 2.37. The number of carboxylic acid groups (broad SMARTS) is 1. The molecule has 3 nitrogen and oxygen atoms in total. The molecule has 0 bridgehead atoms. The normalized spacial score (nSPS) is 11.2. The molecule has 0 atom stereocenters. The number of alkyl halides is 2. The Morgan fingerprint density at radius 1 is 1.50 bits per heavy atom. The van der Waals surface area contributed by atoms with Crippen LogP contribution in [0.5, 0.6) is 5.75 Å². The monoisotopic (exact) mass is 234 g/mol. The molecule has 0 heterocycles. The van der Waals surface area contributed by atoms with E-state index >= 15 is 0 Å². The summed E-state index contributed by atoms with van der Waals surface area (Å²) in [6, 6.07) is 2.56. The number of carbonyl (C=O) groups is 1. The average molecular weight is 234 g/mol. The molecule has 16 heavy (non-hydrogen) atoms. The van der Waals surface area contributed by atoms with E-state index < -0.39 is 29.7 Å². The van der Waals surface area contributed by atoms with E-state index in [1.165, 1.54) is 0 Å². The van der Waals surface area contributed by atoms with Gasteiger partial charge in [0.2, 0.25) is 0 Å². The third kappa shape index (κ3) is 2.65. The van der Waals surface area contributed by atoms with E-state index in [1.807, 2.05) is 0 Å². The van der Waals surface area contributed by atoms with E-state index in [-0.39, 0.29) is 5.75 Å². The first kappa shape index (κ1) is 12.4. The summed E-state index contributed by atoms with van der Waals surface area (Å²) < 4.78 is 44.3. The number of hydrogen-bond donors (Lipinski definition) is 1. The summed E-state index contributed by atoms with van der Waals surface area (Å²) in [4.78, 5) is 10.3. The molecule has 0 amide bonds. The first-order valence-electron chi connectivity index (χ1n) is 4.30. The number of benzene rings is 1. The van der Waals surface area contributed by atoms with Crippen molar-refractivity contribution in [3.05, 3.63) is 29.6 Å². The minimum absolute atomic E-state index is 0.243. The summed E-state index contributed by atoms with van der Waals surface area (Å²) in [5, 5.41) is 8.33. The second kappa shape index (κ2) is 4.42. The summed E-state index contributed by atoms with van der Waals surface area (Å²) in [5.74, 6) is -6.45. The molecule has 1 aromatic rings. The van der Waals surface area contributed by atoms with Crippen molar-refractivity contribution in [3.63, 3.8) is 0 Å². The second-order valence-corrected chi connectivity index (χ2v) is 3.12. The van der Waals surface area contributed by atoms with Crippen LogP contribution in [0.4, 0.5) is 13.2 Å². The summed E-state index contributed by atoms with van der Waals surface area (Å²) in [6.07, 6.45) is -1.41. The minimum Gasteiger partial charge on any atom is -0.496 e. The number of carboxylic acids is 1. The predicted molar refractivity (Wildman–Crippen MR) is 49.1 cm³/mol. The second-order valence-electron chi connectivity index (χ2n) is 3.12. The van der Waals surface area contributed by atoms with Crippen molar-refractivity contribution in [1.29, 1.82) is 0 Å². The van der Waals surface area contributed by atoms with Crippen LogP contribution in [-0.2, 0) is 10.7 Å². The van der Waals surface area contributed by atoms with Gasteiger partial charge in [-0.2, -0.15) is 0 Å². The molecule has 0 fully saturated rings. The fourth-order valence-corrected chi connectivity index (χ4v) is 1.25. The molecule has 0 aliphatic heterocycles. The highest BCUT2D eigenvalue weighted by molar-refractivity contribution is 5.68. The van der Waals surface area contributed by atoms with Crippen LogP contribution >= 0.6 is 0 Å². The highest BCUT2D eigenvalue weighted by atomic mass is 19.3. The lowest BCUT2D eigenvalue weighted by Gasteiger charge is -2.17. The van der Waals surface area contributed by atoms with E-state index in [4.69, 9.17) is 5.11 Å². The maximum absolute atomic E-state index is 13.4. The zero-order chi connectivity index (χ0) is 12.3. The molecule has 0 radical (unpaired) electrons. The lowest BCUT2D eigenvalue weighted by atomic mass is 10.0. The molecule has 6 heteroatoms. The van der Waals surface area contributed by atoms with Gasteiger partial charge in [0.1, 0.15) is 18.0 Å². The Bertz CT molecular complexity index is 404. The summed E-state index contributed by atoms with van der Waals surface area (Å²) >= 11 is 0. The van der Waals surface area contributed by atoms with Crippen LogP contribution < -0.4 is 4.74 Å². The van der Waals surface area contributed by atoms with Crippen LogP contribution in [0.3, 0.4) is 0 Å². The number of halogens is 3. The summed E-state index contributed by atoms with van der Waals surface area (Å²) in [6.45, 7) is 0. The van der Waals surface area contributed by atoms with Crippen LogP contribution in [-0.4, -0.2) is 18.2 Å². The van der Waals surface area contributed by atoms with Gasteiger partial charge in [0.25, 0.3) is 5.92 Å². The molecule has 1 rings (SSSR count). The fourth-order valence-electron chi connectivity index (χ4n) is 1.25. The molecule has 0 aliphatic carbocycles. The van der Waals surface area contributed by atoms with Gasteiger partial charge in [0.15, 0.2) is 0 Å². The van der Waals surface area contributed by atoms with Gasteiger partial charge in [-0.1, -0.05) is 0 Å².